The van der Waals surface area contributed by atoms with Crippen LogP contribution < -0.4 is 11.3 Å². The van der Waals surface area contributed by atoms with Crippen molar-refractivity contribution in [2.75, 3.05) is 5.73 Å². The van der Waals surface area contributed by atoms with Gasteiger partial charge in [-0.15, -0.1) is 0 Å². The van der Waals surface area contributed by atoms with Crippen LogP contribution in [0.5, 0.6) is 0 Å². The Hall–Kier alpha value is -2.63. The lowest BCUT2D eigenvalue weighted by atomic mass is 10.0. The first kappa shape index (κ1) is 13.4. The molecule has 4 N–H and O–H groups in total. The summed E-state index contributed by atoms with van der Waals surface area (Å²) < 4.78 is 0. The number of hydrogen-bond acceptors (Lipinski definition) is 4. The van der Waals surface area contributed by atoms with Gasteiger partial charge in [-0.25, -0.2) is 4.98 Å². The van der Waals surface area contributed by atoms with E-state index in [-0.39, 0.29) is 17.3 Å². The quantitative estimate of drug-likeness (QED) is 0.781. The molecule has 0 bridgehead atoms. The molecule has 1 aliphatic carbocycles. The first-order chi connectivity index (χ1) is 10.1. The maximum absolute atomic E-state index is 12.0. The molecule has 0 amide bonds. The van der Waals surface area contributed by atoms with Crippen LogP contribution in [-0.4, -0.2) is 21.0 Å². The maximum Gasteiger partial charge on any atom is 0.308 e. The molecule has 6 nitrogen and oxygen atoms in total. The Kier molecular flexibility index (Phi) is 3.21. The number of nitrogens with zero attached hydrogens (tertiary/aromatic N) is 1. The van der Waals surface area contributed by atoms with Crippen LogP contribution in [0.25, 0.3) is 0 Å². The van der Waals surface area contributed by atoms with Gasteiger partial charge in [0.2, 0.25) is 0 Å². The first-order valence-corrected chi connectivity index (χ1v) is 6.74. The molecule has 1 atom stereocenters. The Bertz CT molecular complexity index is 767. The van der Waals surface area contributed by atoms with Crippen molar-refractivity contribution in [2.24, 2.45) is 0 Å². The lowest BCUT2D eigenvalue weighted by Crippen LogP contribution is -2.23. The Morgan fingerprint density at radius 3 is 2.90 bits per heavy atom. The maximum atomic E-state index is 12.0. The molecule has 0 aliphatic heterocycles. The molecule has 0 saturated heterocycles. The van der Waals surface area contributed by atoms with Crippen molar-refractivity contribution in [1.82, 2.24) is 9.97 Å². The van der Waals surface area contributed by atoms with Crippen molar-refractivity contribution in [2.45, 2.75) is 25.2 Å². The zero-order valence-electron chi connectivity index (χ0n) is 11.3. The summed E-state index contributed by atoms with van der Waals surface area (Å²) in [6, 6.07) is 8.03. The number of anilines is 1. The number of carboxylic acid groups (broad SMARTS) is 1. The average molecular weight is 285 g/mol. The minimum atomic E-state index is -1.10. The molecule has 0 radical (unpaired) electrons. The van der Waals surface area contributed by atoms with Crippen LogP contribution in [0.3, 0.4) is 0 Å². The second-order valence-electron chi connectivity index (χ2n) is 5.18. The minimum absolute atomic E-state index is 0.000492. The van der Waals surface area contributed by atoms with E-state index < -0.39 is 17.9 Å². The highest BCUT2D eigenvalue weighted by molar-refractivity contribution is 5.71. The van der Waals surface area contributed by atoms with E-state index in [2.05, 4.69) is 16.0 Å². The summed E-state index contributed by atoms with van der Waals surface area (Å²) in [5, 5.41) is 8.79. The zero-order chi connectivity index (χ0) is 15.0. The van der Waals surface area contributed by atoms with Gasteiger partial charge in [-0.3, -0.25) is 9.59 Å². The molecule has 1 unspecified atom stereocenters. The number of carbonyl (C=O) groups is 1. The van der Waals surface area contributed by atoms with Gasteiger partial charge < -0.3 is 15.8 Å². The molecule has 1 aliphatic rings. The number of nitrogens with one attached hydrogen (secondary N) is 1. The Labute approximate surface area is 120 Å². The fourth-order valence-electron chi connectivity index (χ4n) is 2.86. The summed E-state index contributed by atoms with van der Waals surface area (Å²) in [5.41, 5.74) is 7.70. The highest BCUT2D eigenvalue weighted by Gasteiger charge is 2.26. The van der Waals surface area contributed by atoms with Crippen LogP contribution in [0.1, 0.15) is 34.9 Å². The number of aryl methyl sites for hydroxylation is 1. The number of H-pyrrole nitrogens is 1. The molecule has 21 heavy (non-hydrogen) atoms. The van der Waals surface area contributed by atoms with E-state index in [0.29, 0.717) is 5.82 Å². The van der Waals surface area contributed by atoms with Gasteiger partial charge in [0.25, 0.3) is 5.56 Å². The number of hydrogen-bond donors (Lipinski definition) is 3. The monoisotopic (exact) mass is 285 g/mol. The van der Waals surface area contributed by atoms with E-state index in [1.165, 1.54) is 5.56 Å². The van der Waals surface area contributed by atoms with Gasteiger partial charge in [0.05, 0.1) is 12.0 Å². The summed E-state index contributed by atoms with van der Waals surface area (Å²) in [6.45, 7) is 0. The van der Waals surface area contributed by atoms with E-state index in [1.807, 2.05) is 18.2 Å². The van der Waals surface area contributed by atoms with Crippen molar-refractivity contribution in [3.8, 4) is 0 Å². The molecule has 2 aromatic rings. The number of aromatic amines is 1. The Morgan fingerprint density at radius 1 is 1.43 bits per heavy atom. The van der Waals surface area contributed by atoms with Gasteiger partial charge in [0, 0.05) is 5.92 Å². The molecule has 1 aromatic heterocycles. The number of fused-ring (bicyclic) bond motifs is 1. The third kappa shape index (κ3) is 2.40. The minimum Gasteiger partial charge on any atom is -0.481 e. The van der Waals surface area contributed by atoms with Gasteiger partial charge in [-0.1, -0.05) is 24.3 Å². The molecule has 0 saturated carbocycles. The number of rotatable bonds is 3. The van der Waals surface area contributed by atoms with Crippen LogP contribution in [0.2, 0.25) is 0 Å². The molecular weight excluding hydrogens is 270 g/mol. The van der Waals surface area contributed by atoms with Gasteiger partial charge in [0.15, 0.2) is 0 Å². The molecular formula is C15H15N3O3. The Morgan fingerprint density at radius 2 is 2.19 bits per heavy atom. The van der Waals surface area contributed by atoms with Crippen molar-refractivity contribution < 1.29 is 9.90 Å². The van der Waals surface area contributed by atoms with Crippen LogP contribution in [-0.2, 0) is 17.6 Å². The number of aliphatic carboxylic acids is 1. The molecule has 108 valence electrons. The highest BCUT2D eigenvalue weighted by atomic mass is 16.4. The SMILES string of the molecule is Nc1nc(C2CCc3ccccc32)[nH]c(=O)c1CC(=O)O. The summed E-state index contributed by atoms with van der Waals surface area (Å²) in [6.07, 6.45) is 1.37. The van der Waals surface area contributed by atoms with Crippen molar-refractivity contribution >= 4 is 11.8 Å². The van der Waals surface area contributed by atoms with Gasteiger partial charge in [0.1, 0.15) is 11.6 Å². The van der Waals surface area contributed by atoms with Crippen molar-refractivity contribution in [3.05, 3.63) is 57.1 Å². The molecule has 1 heterocycles. The summed E-state index contributed by atoms with van der Waals surface area (Å²) >= 11 is 0. The lowest BCUT2D eigenvalue weighted by molar-refractivity contribution is -0.136. The second kappa shape index (κ2) is 5.05. The number of carboxylic acids is 1. The zero-order valence-corrected chi connectivity index (χ0v) is 11.3. The number of nitrogen functional groups attached to an aromatic ring is 1. The number of benzene rings is 1. The van der Waals surface area contributed by atoms with Crippen molar-refractivity contribution in [3.63, 3.8) is 0 Å². The van der Waals surface area contributed by atoms with Gasteiger partial charge in [-0.2, -0.15) is 0 Å². The fourth-order valence-corrected chi connectivity index (χ4v) is 2.86. The topological polar surface area (TPSA) is 109 Å². The van der Waals surface area contributed by atoms with Crippen LogP contribution >= 0.6 is 0 Å². The smallest absolute Gasteiger partial charge is 0.308 e. The predicted octanol–water partition coefficient (Wildman–Crippen LogP) is 1.06. The lowest BCUT2D eigenvalue weighted by Gasteiger charge is -2.12. The molecule has 0 spiro atoms. The third-order valence-electron chi connectivity index (χ3n) is 3.86. The van der Waals surface area contributed by atoms with E-state index in [1.54, 1.807) is 0 Å². The molecule has 6 heteroatoms. The third-order valence-corrected chi connectivity index (χ3v) is 3.86. The van der Waals surface area contributed by atoms with Crippen LogP contribution in [0.15, 0.2) is 29.1 Å². The molecule has 0 fully saturated rings. The van der Waals surface area contributed by atoms with Gasteiger partial charge >= 0.3 is 5.97 Å². The largest absolute Gasteiger partial charge is 0.481 e. The van der Waals surface area contributed by atoms with Crippen molar-refractivity contribution in [1.29, 1.82) is 0 Å². The molecule has 1 aromatic carbocycles. The van der Waals surface area contributed by atoms with Crippen LogP contribution in [0, 0.1) is 0 Å². The summed E-state index contributed by atoms with van der Waals surface area (Å²) in [5.74, 6) is -0.583. The average Bonchev–Trinajstić information content (AvgIpc) is 2.86. The predicted molar refractivity (Wildman–Crippen MR) is 77.2 cm³/mol. The first-order valence-electron chi connectivity index (χ1n) is 6.74. The normalized spacial score (nSPS) is 16.7. The molecule has 3 rings (SSSR count). The van der Waals surface area contributed by atoms with Gasteiger partial charge in [-0.05, 0) is 24.0 Å². The van der Waals surface area contributed by atoms with E-state index in [0.717, 1.165) is 18.4 Å². The fraction of sp³-hybridized carbons (Fsp3) is 0.267. The summed E-state index contributed by atoms with van der Waals surface area (Å²) in [7, 11) is 0. The number of aromatic nitrogens is 2. The van der Waals surface area contributed by atoms with E-state index in [4.69, 9.17) is 10.8 Å². The van der Waals surface area contributed by atoms with E-state index >= 15 is 0 Å². The summed E-state index contributed by atoms with van der Waals surface area (Å²) in [4.78, 5) is 29.7. The Balaban J connectivity index is 2.02. The second-order valence-corrected chi connectivity index (χ2v) is 5.18. The van der Waals surface area contributed by atoms with Crippen LogP contribution in [0.4, 0.5) is 5.82 Å². The van der Waals surface area contributed by atoms with E-state index in [9.17, 15) is 9.59 Å². The highest BCUT2D eigenvalue weighted by Crippen LogP contribution is 2.36. The standard InChI is InChI=1S/C15H15N3O3/c16-13-11(7-12(19)20)15(21)18-14(17-13)10-6-5-8-3-1-2-4-9(8)10/h1-4,10H,5-7H2,(H,19,20)(H3,16,17,18,21). The number of nitrogens with two attached hydrogens (primary N) is 1.